The summed E-state index contributed by atoms with van der Waals surface area (Å²) in [5.74, 6) is -0.227. The normalized spacial score (nSPS) is 10.8. The summed E-state index contributed by atoms with van der Waals surface area (Å²) in [6.45, 7) is 4.67. The first-order valence-electron chi connectivity index (χ1n) is 6.00. The van der Waals surface area contributed by atoms with Crippen LogP contribution in [0.15, 0.2) is 41.8 Å². The Morgan fingerprint density at radius 2 is 2.05 bits per heavy atom. The van der Waals surface area contributed by atoms with Crippen LogP contribution >= 0.6 is 0 Å². The third kappa shape index (κ3) is 4.67. The maximum atomic E-state index is 10.5. The summed E-state index contributed by atoms with van der Waals surface area (Å²) in [5.41, 5.74) is 0.336. The Balaban J connectivity index is 0.000000217. The zero-order valence-electron chi connectivity index (χ0n) is 11.6. The van der Waals surface area contributed by atoms with E-state index in [4.69, 9.17) is 5.11 Å². The van der Waals surface area contributed by atoms with Gasteiger partial charge < -0.3 is 9.66 Å². The van der Waals surface area contributed by atoms with Crippen LogP contribution in [-0.4, -0.2) is 22.6 Å². The van der Waals surface area contributed by atoms with Crippen molar-refractivity contribution in [1.82, 2.24) is 4.57 Å². The van der Waals surface area contributed by atoms with Crippen LogP contribution in [0.4, 0.5) is 0 Å². The number of hydrogen-bond acceptors (Lipinski definition) is 4. The minimum absolute atomic E-state index is 0.227. The highest BCUT2D eigenvalue weighted by Gasteiger charge is 2.05. The Morgan fingerprint density at radius 3 is 2.40 bits per heavy atom. The predicted octanol–water partition coefficient (Wildman–Crippen LogP) is 0.937. The number of aryl methyl sites for hydroxylation is 3. The molecular weight excluding hydrogens is 280 g/mol. The van der Waals surface area contributed by atoms with E-state index in [9.17, 15) is 13.0 Å². The largest absolute Gasteiger partial charge is 0.744 e. The molecule has 1 N–H and O–H groups in total. The minimum Gasteiger partial charge on any atom is -0.744 e. The molecule has 0 atom stereocenters. The van der Waals surface area contributed by atoms with Crippen molar-refractivity contribution in [3.8, 4) is 5.75 Å². The highest BCUT2D eigenvalue weighted by Crippen LogP contribution is 2.19. The number of imidazole rings is 1. The molecule has 0 fully saturated rings. The summed E-state index contributed by atoms with van der Waals surface area (Å²) < 4.78 is 35.8. The SMILES string of the molecule is CC[n+]1ccn(C)c1.Cc1ccc(O)cc1S(=O)(=O)[O-]. The molecule has 20 heavy (non-hydrogen) atoms. The molecule has 0 radical (unpaired) electrons. The summed E-state index contributed by atoms with van der Waals surface area (Å²) in [6.07, 6.45) is 6.14. The lowest BCUT2D eigenvalue weighted by atomic mass is 10.2. The van der Waals surface area contributed by atoms with Crippen molar-refractivity contribution in [2.75, 3.05) is 0 Å². The van der Waals surface area contributed by atoms with E-state index in [1.807, 2.05) is 17.8 Å². The number of hydrogen-bond donors (Lipinski definition) is 1. The molecule has 6 nitrogen and oxygen atoms in total. The van der Waals surface area contributed by atoms with Gasteiger partial charge in [0.15, 0.2) is 0 Å². The molecule has 0 aliphatic carbocycles. The van der Waals surface area contributed by atoms with Crippen molar-refractivity contribution in [3.05, 3.63) is 42.5 Å². The molecule has 7 heteroatoms. The quantitative estimate of drug-likeness (QED) is 0.660. The lowest BCUT2D eigenvalue weighted by molar-refractivity contribution is -0.693. The Hall–Kier alpha value is -1.86. The van der Waals surface area contributed by atoms with Crippen LogP contribution in [0.2, 0.25) is 0 Å². The summed E-state index contributed by atoms with van der Waals surface area (Å²) in [7, 11) is -2.45. The summed E-state index contributed by atoms with van der Waals surface area (Å²) in [6, 6.07) is 3.64. The molecule has 2 aromatic rings. The highest BCUT2D eigenvalue weighted by atomic mass is 32.2. The van der Waals surface area contributed by atoms with E-state index >= 15 is 0 Å². The van der Waals surface area contributed by atoms with Gasteiger partial charge in [0.25, 0.3) is 0 Å². The summed E-state index contributed by atoms with van der Waals surface area (Å²) >= 11 is 0. The van der Waals surface area contributed by atoms with Gasteiger partial charge in [-0.25, -0.2) is 17.6 Å². The number of rotatable bonds is 2. The van der Waals surface area contributed by atoms with Crippen molar-refractivity contribution in [2.45, 2.75) is 25.3 Å². The lowest BCUT2D eigenvalue weighted by Gasteiger charge is -2.09. The fraction of sp³-hybridized carbons (Fsp3) is 0.308. The number of nitrogens with zero attached hydrogens (tertiary/aromatic N) is 2. The van der Waals surface area contributed by atoms with Gasteiger partial charge in [-0.15, -0.1) is 0 Å². The number of aromatic hydroxyl groups is 1. The zero-order valence-corrected chi connectivity index (χ0v) is 12.5. The van der Waals surface area contributed by atoms with Crippen molar-refractivity contribution in [1.29, 1.82) is 0 Å². The molecule has 1 aromatic carbocycles. The topological polar surface area (TPSA) is 86.2 Å². The smallest absolute Gasteiger partial charge is 0.243 e. The average molecular weight is 298 g/mol. The molecule has 1 heterocycles. The zero-order chi connectivity index (χ0) is 15.3. The van der Waals surface area contributed by atoms with E-state index in [1.165, 1.54) is 19.1 Å². The minimum atomic E-state index is -4.47. The van der Waals surface area contributed by atoms with Gasteiger partial charge in [-0.3, -0.25) is 0 Å². The maximum Gasteiger partial charge on any atom is 0.243 e. The monoisotopic (exact) mass is 298 g/mol. The third-order valence-corrected chi connectivity index (χ3v) is 3.61. The van der Waals surface area contributed by atoms with Gasteiger partial charge in [0, 0.05) is 0 Å². The van der Waals surface area contributed by atoms with E-state index < -0.39 is 10.1 Å². The van der Waals surface area contributed by atoms with Crippen molar-refractivity contribution in [3.63, 3.8) is 0 Å². The fourth-order valence-corrected chi connectivity index (χ4v) is 2.27. The van der Waals surface area contributed by atoms with Gasteiger partial charge in [0.1, 0.15) is 28.3 Å². The van der Waals surface area contributed by atoms with Crippen LogP contribution in [-0.2, 0) is 23.7 Å². The van der Waals surface area contributed by atoms with E-state index in [0.717, 1.165) is 12.6 Å². The number of aromatic nitrogens is 2. The third-order valence-electron chi connectivity index (χ3n) is 2.63. The number of phenolic OH excluding ortho intramolecular Hbond substituents is 1. The summed E-state index contributed by atoms with van der Waals surface area (Å²) in [4.78, 5) is -0.373. The highest BCUT2D eigenvalue weighted by molar-refractivity contribution is 7.85. The first-order chi connectivity index (χ1) is 9.24. The molecular formula is C13H18N2O4S. The lowest BCUT2D eigenvalue weighted by Crippen LogP contribution is -2.28. The maximum absolute atomic E-state index is 10.5. The van der Waals surface area contributed by atoms with Crippen LogP contribution in [0.5, 0.6) is 5.75 Å². The molecule has 0 aliphatic rings. The summed E-state index contributed by atoms with van der Waals surface area (Å²) in [5, 5.41) is 8.90. The molecule has 2 rings (SSSR count). The number of benzene rings is 1. The first kappa shape index (κ1) is 16.2. The van der Waals surface area contributed by atoms with Crippen LogP contribution in [0.25, 0.3) is 0 Å². The van der Waals surface area contributed by atoms with E-state index in [-0.39, 0.29) is 10.6 Å². The van der Waals surface area contributed by atoms with E-state index in [1.54, 1.807) is 0 Å². The van der Waals surface area contributed by atoms with Crippen molar-refractivity contribution < 1.29 is 22.6 Å². The standard InChI is InChI=1S/C7H8O4S.C6H11N2/c1-5-2-3-6(8)4-7(5)12(9,10)11;1-3-8-5-4-7(2)6-8/h2-4,8H,1H3,(H,9,10,11);4-6H,3H2,1-2H3/q;+1/p-1. The van der Waals surface area contributed by atoms with Gasteiger partial charge in [-0.2, -0.15) is 0 Å². The molecule has 0 spiro atoms. The van der Waals surface area contributed by atoms with Crippen LogP contribution < -0.4 is 4.57 Å². The Kier molecular flexibility index (Phi) is 5.29. The Morgan fingerprint density at radius 1 is 1.40 bits per heavy atom. The second-order valence-corrected chi connectivity index (χ2v) is 5.66. The first-order valence-corrected chi connectivity index (χ1v) is 7.41. The van der Waals surface area contributed by atoms with Crippen LogP contribution in [0.3, 0.4) is 0 Å². The molecule has 0 amide bonds. The van der Waals surface area contributed by atoms with Gasteiger partial charge in [0.2, 0.25) is 6.33 Å². The predicted molar refractivity (Wildman–Crippen MR) is 72.1 cm³/mol. The fourth-order valence-electron chi connectivity index (χ4n) is 1.55. The molecule has 1 aromatic heterocycles. The second kappa shape index (κ2) is 6.53. The van der Waals surface area contributed by atoms with Crippen LogP contribution in [0.1, 0.15) is 12.5 Å². The molecule has 110 valence electrons. The van der Waals surface area contributed by atoms with E-state index in [2.05, 4.69) is 24.0 Å². The second-order valence-electron chi connectivity index (χ2n) is 4.31. The molecule has 0 saturated heterocycles. The van der Waals surface area contributed by atoms with Crippen molar-refractivity contribution in [2.24, 2.45) is 7.05 Å². The van der Waals surface area contributed by atoms with Gasteiger partial charge >= 0.3 is 0 Å². The molecule has 0 aliphatic heterocycles. The molecule has 0 saturated carbocycles. The Bertz CT molecular complexity index is 677. The van der Waals surface area contributed by atoms with Gasteiger partial charge in [-0.1, -0.05) is 6.07 Å². The van der Waals surface area contributed by atoms with E-state index in [0.29, 0.717) is 5.56 Å². The molecule has 0 unspecified atom stereocenters. The van der Waals surface area contributed by atoms with Crippen molar-refractivity contribution >= 4 is 10.1 Å². The van der Waals surface area contributed by atoms with Gasteiger partial charge in [-0.05, 0) is 31.5 Å². The van der Waals surface area contributed by atoms with Gasteiger partial charge in [0.05, 0.1) is 18.5 Å². The van der Waals surface area contributed by atoms with Crippen LogP contribution in [0, 0.1) is 6.92 Å². The number of phenols is 1. The average Bonchev–Trinajstić information content (AvgIpc) is 2.78. The molecule has 0 bridgehead atoms. The Labute approximate surface area is 118 Å².